The van der Waals surface area contributed by atoms with Crippen LogP contribution in [-0.4, -0.2) is 17.5 Å². The van der Waals surface area contributed by atoms with E-state index in [0.717, 1.165) is 12.0 Å². The fraction of sp³-hybridized carbons (Fsp3) is 0.571. The molecule has 0 bridgehead atoms. The van der Waals surface area contributed by atoms with E-state index in [1.54, 1.807) is 0 Å². The lowest BCUT2D eigenvalue weighted by molar-refractivity contribution is 0.223. The highest BCUT2D eigenvalue weighted by Crippen LogP contribution is 2.40. The summed E-state index contributed by atoms with van der Waals surface area (Å²) in [6.07, 6.45) is 5.82. The molecule has 1 nitrogen and oxygen atoms in total. The topological polar surface area (TPSA) is 3.24 Å². The zero-order valence-electron chi connectivity index (χ0n) is 9.23. The lowest BCUT2D eigenvalue weighted by atomic mass is 10.1. The van der Waals surface area contributed by atoms with Gasteiger partial charge in [0.1, 0.15) is 0 Å². The van der Waals surface area contributed by atoms with E-state index < -0.39 is 0 Å². The van der Waals surface area contributed by atoms with Crippen LogP contribution in [0.15, 0.2) is 30.3 Å². The van der Waals surface area contributed by atoms with Crippen molar-refractivity contribution in [3.63, 3.8) is 0 Å². The van der Waals surface area contributed by atoms with Crippen molar-refractivity contribution in [3.05, 3.63) is 35.9 Å². The van der Waals surface area contributed by atoms with Crippen molar-refractivity contribution in [2.24, 2.45) is 5.92 Å². The summed E-state index contributed by atoms with van der Waals surface area (Å²) in [5, 5.41) is 0. The Labute approximate surface area is 92.1 Å². The van der Waals surface area contributed by atoms with E-state index in [1.807, 2.05) is 0 Å². The number of hydrogen-bond acceptors (Lipinski definition) is 1. The average molecular weight is 201 g/mol. The van der Waals surface area contributed by atoms with Gasteiger partial charge in [-0.25, -0.2) is 0 Å². The molecule has 1 heterocycles. The Morgan fingerprint density at radius 3 is 2.60 bits per heavy atom. The van der Waals surface area contributed by atoms with Crippen molar-refractivity contribution in [3.8, 4) is 0 Å². The first-order valence-electron chi connectivity index (χ1n) is 6.21. The van der Waals surface area contributed by atoms with Gasteiger partial charge in [0.15, 0.2) is 0 Å². The van der Waals surface area contributed by atoms with Gasteiger partial charge in [-0.15, -0.1) is 0 Å². The van der Waals surface area contributed by atoms with Gasteiger partial charge in [-0.3, -0.25) is 4.90 Å². The van der Waals surface area contributed by atoms with E-state index in [0.29, 0.717) is 0 Å². The zero-order valence-corrected chi connectivity index (χ0v) is 9.23. The fourth-order valence-corrected chi connectivity index (χ4v) is 2.88. The van der Waals surface area contributed by atoms with Gasteiger partial charge in [0.05, 0.1) is 0 Å². The van der Waals surface area contributed by atoms with Crippen LogP contribution < -0.4 is 0 Å². The predicted octanol–water partition coefficient (Wildman–Crippen LogP) is 3.06. The molecule has 1 saturated carbocycles. The Balaban J connectivity index is 1.67. The van der Waals surface area contributed by atoms with Crippen LogP contribution in [-0.2, 0) is 6.54 Å². The van der Waals surface area contributed by atoms with Crippen LogP contribution in [0, 0.1) is 5.92 Å². The van der Waals surface area contributed by atoms with Gasteiger partial charge < -0.3 is 0 Å². The molecule has 2 fully saturated rings. The minimum atomic E-state index is 0.908. The highest BCUT2D eigenvalue weighted by Gasteiger charge is 2.37. The van der Waals surface area contributed by atoms with Gasteiger partial charge in [-0.1, -0.05) is 30.3 Å². The van der Waals surface area contributed by atoms with Crippen LogP contribution in [0.5, 0.6) is 0 Å². The van der Waals surface area contributed by atoms with Crippen LogP contribution in [0.3, 0.4) is 0 Å². The number of hydrogen-bond donors (Lipinski definition) is 0. The molecule has 1 saturated heterocycles. The average Bonchev–Trinajstić information content (AvgIpc) is 3.02. The van der Waals surface area contributed by atoms with Crippen LogP contribution in [0.1, 0.15) is 31.2 Å². The van der Waals surface area contributed by atoms with E-state index in [2.05, 4.69) is 35.2 Å². The molecule has 2 aliphatic rings. The van der Waals surface area contributed by atoms with Gasteiger partial charge in [-0.2, -0.15) is 0 Å². The van der Waals surface area contributed by atoms with E-state index in [9.17, 15) is 0 Å². The molecule has 1 aliphatic carbocycles. The molecule has 0 aromatic heterocycles. The summed E-state index contributed by atoms with van der Waals surface area (Å²) in [5.41, 5.74) is 1.48. The fourth-order valence-electron chi connectivity index (χ4n) is 2.88. The van der Waals surface area contributed by atoms with E-state index >= 15 is 0 Å². The van der Waals surface area contributed by atoms with Crippen LogP contribution in [0.4, 0.5) is 0 Å². The van der Waals surface area contributed by atoms with Gasteiger partial charge >= 0.3 is 0 Å². The highest BCUT2D eigenvalue weighted by atomic mass is 15.2. The Morgan fingerprint density at radius 2 is 1.87 bits per heavy atom. The van der Waals surface area contributed by atoms with Crippen molar-refractivity contribution in [1.29, 1.82) is 0 Å². The number of nitrogens with zero attached hydrogens (tertiary/aromatic N) is 1. The summed E-state index contributed by atoms with van der Waals surface area (Å²) in [5.74, 6) is 1.04. The third kappa shape index (κ3) is 2.07. The summed E-state index contributed by atoms with van der Waals surface area (Å²) >= 11 is 0. The Kier molecular flexibility index (Phi) is 2.49. The van der Waals surface area contributed by atoms with Crippen LogP contribution in [0.25, 0.3) is 0 Å². The second kappa shape index (κ2) is 3.97. The predicted molar refractivity (Wildman–Crippen MR) is 62.6 cm³/mol. The minimum absolute atomic E-state index is 0.908. The van der Waals surface area contributed by atoms with Crippen LogP contribution in [0.2, 0.25) is 0 Å². The Hall–Kier alpha value is -0.820. The summed E-state index contributed by atoms with van der Waals surface area (Å²) in [6, 6.07) is 11.8. The largest absolute Gasteiger partial charge is 0.296 e. The maximum Gasteiger partial charge on any atom is 0.0236 e. The van der Waals surface area contributed by atoms with Crippen molar-refractivity contribution in [2.45, 2.75) is 38.3 Å². The molecule has 1 aromatic carbocycles. The molecule has 0 radical (unpaired) electrons. The molecule has 80 valence electrons. The molecule has 15 heavy (non-hydrogen) atoms. The zero-order chi connectivity index (χ0) is 10.1. The van der Waals surface area contributed by atoms with E-state index in [1.165, 1.54) is 44.3 Å². The van der Waals surface area contributed by atoms with Gasteiger partial charge in [-0.05, 0) is 43.7 Å². The first-order valence-corrected chi connectivity index (χ1v) is 6.21. The monoisotopic (exact) mass is 201 g/mol. The number of likely N-dealkylation sites (tertiary alicyclic amines) is 1. The molecule has 0 amide bonds. The van der Waals surface area contributed by atoms with Gasteiger partial charge in [0.2, 0.25) is 0 Å². The lowest BCUT2D eigenvalue weighted by Crippen LogP contribution is -2.30. The van der Waals surface area contributed by atoms with Crippen molar-refractivity contribution in [2.75, 3.05) is 6.54 Å². The maximum absolute atomic E-state index is 2.70. The Bertz CT molecular complexity index is 315. The lowest BCUT2D eigenvalue weighted by Gasteiger charge is -2.24. The SMILES string of the molecule is c1ccc(CN2CCCC2C2CC2)cc1. The standard InChI is InChI=1S/C14H19N/c1-2-5-12(6-3-1)11-15-10-4-7-14(15)13-8-9-13/h1-3,5-6,13-14H,4,7-11H2. The Morgan fingerprint density at radius 1 is 1.07 bits per heavy atom. The first kappa shape index (κ1) is 9.41. The third-order valence-electron chi connectivity index (χ3n) is 3.81. The second-order valence-corrected chi connectivity index (χ2v) is 5.00. The number of rotatable bonds is 3. The highest BCUT2D eigenvalue weighted by molar-refractivity contribution is 5.15. The van der Waals surface area contributed by atoms with E-state index in [4.69, 9.17) is 0 Å². The normalized spacial score (nSPS) is 27.1. The number of benzene rings is 1. The first-order chi connectivity index (χ1) is 7.43. The molecular weight excluding hydrogens is 182 g/mol. The summed E-state index contributed by atoms with van der Waals surface area (Å²) in [7, 11) is 0. The molecule has 1 atom stereocenters. The molecule has 1 aromatic rings. The third-order valence-corrected chi connectivity index (χ3v) is 3.81. The molecule has 1 heteroatoms. The quantitative estimate of drug-likeness (QED) is 0.726. The van der Waals surface area contributed by atoms with Crippen molar-refractivity contribution >= 4 is 0 Å². The van der Waals surface area contributed by atoms with Crippen LogP contribution >= 0.6 is 0 Å². The summed E-state index contributed by atoms with van der Waals surface area (Å²) in [4.78, 5) is 2.70. The van der Waals surface area contributed by atoms with Gasteiger partial charge in [0, 0.05) is 12.6 Å². The molecule has 0 N–H and O–H groups in total. The summed E-state index contributed by atoms with van der Waals surface area (Å²) in [6.45, 7) is 2.48. The second-order valence-electron chi connectivity index (χ2n) is 5.00. The molecule has 1 unspecified atom stereocenters. The van der Waals surface area contributed by atoms with E-state index in [-0.39, 0.29) is 0 Å². The molecule has 3 rings (SSSR count). The van der Waals surface area contributed by atoms with Crippen molar-refractivity contribution < 1.29 is 0 Å². The molecule has 0 spiro atoms. The van der Waals surface area contributed by atoms with Crippen molar-refractivity contribution in [1.82, 2.24) is 4.90 Å². The molecular formula is C14H19N. The minimum Gasteiger partial charge on any atom is -0.296 e. The van der Waals surface area contributed by atoms with Gasteiger partial charge in [0.25, 0.3) is 0 Å². The molecule has 1 aliphatic heterocycles. The maximum atomic E-state index is 2.70. The summed E-state index contributed by atoms with van der Waals surface area (Å²) < 4.78 is 0. The smallest absolute Gasteiger partial charge is 0.0236 e.